The third-order valence-electron chi connectivity index (χ3n) is 2.92. The normalized spacial score (nSPS) is 13.9. The van der Waals surface area contributed by atoms with Crippen LogP contribution in [0.15, 0.2) is 10.7 Å². The van der Waals surface area contributed by atoms with Crippen molar-refractivity contribution in [1.82, 2.24) is 4.90 Å². The van der Waals surface area contributed by atoms with Gasteiger partial charge < -0.3 is 15.4 Å². The summed E-state index contributed by atoms with van der Waals surface area (Å²) in [7, 11) is 4.87. The molecule has 0 bridgehead atoms. The molecule has 0 aromatic rings. The Bertz CT molecular complexity index is 461. The van der Waals surface area contributed by atoms with Crippen LogP contribution in [0.4, 0.5) is 4.79 Å². The first-order valence-electron chi connectivity index (χ1n) is 6.64. The molecule has 0 saturated heterocycles. The number of halogens is 1. The first kappa shape index (κ1) is 20.4. The highest BCUT2D eigenvalue weighted by Gasteiger charge is 2.26. The molecule has 0 aromatic heterocycles. The molecule has 124 valence electrons. The fraction of sp³-hybridized carbons (Fsp3) is 0.571. The summed E-state index contributed by atoms with van der Waals surface area (Å²) in [4.78, 5) is 28.8. The molecule has 1 unspecified atom stereocenters. The first-order chi connectivity index (χ1) is 10.3. The molecule has 0 rings (SSSR count). The Labute approximate surface area is 139 Å². The fourth-order valence-electron chi connectivity index (χ4n) is 1.55. The van der Waals surface area contributed by atoms with Gasteiger partial charge >= 0.3 is 6.09 Å². The molecule has 0 saturated carbocycles. The maximum absolute atomic E-state index is 11.6. The second kappa shape index (κ2) is 10.2. The zero-order valence-corrected chi connectivity index (χ0v) is 14.8. The Hall–Kier alpha value is -1.56. The number of unbranched alkanes of at least 4 members (excludes halogenated alkanes) is 1. The van der Waals surface area contributed by atoms with Crippen LogP contribution >= 0.6 is 15.9 Å². The van der Waals surface area contributed by atoms with E-state index in [-0.39, 0.29) is 17.8 Å². The zero-order chi connectivity index (χ0) is 17.2. The van der Waals surface area contributed by atoms with Crippen molar-refractivity contribution in [2.24, 2.45) is 5.73 Å². The number of terminal acetylenes is 1. The van der Waals surface area contributed by atoms with Gasteiger partial charge in [-0.25, -0.2) is 9.63 Å². The zero-order valence-electron chi connectivity index (χ0n) is 13.2. The number of amides is 2. The van der Waals surface area contributed by atoms with E-state index in [0.717, 1.165) is 11.3 Å². The lowest BCUT2D eigenvalue weighted by atomic mass is 10.3. The van der Waals surface area contributed by atoms with Crippen molar-refractivity contribution in [3.63, 3.8) is 0 Å². The van der Waals surface area contributed by atoms with Crippen molar-refractivity contribution in [3.8, 4) is 12.3 Å². The third kappa shape index (κ3) is 7.45. The van der Waals surface area contributed by atoms with Crippen molar-refractivity contribution in [1.29, 1.82) is 0 Å². The van der Waals surface area contributed by atoms with Crippen LogP contribution in [0.1, 0.15) is 12.8 Å². The number of carbonyl (C=O) groups excluding carboxylic acids is 2. The number of quaternary nitrogens is 1. The van der Waals surface area contributed by atoms with Gasteiger partial charge in [-0.1, -0.05) is 0 Å². The van der Waals surface area contributed by atoms with Gasteiger partial charge in [0.25, 0.3) is 0 Å². The minimum absolute atomic E-state index is 0.0366. The van der Waals surface area contributed by atoms with Crippen molar-refractivity contribution in [2.75, 3.05) is 40.9 Å². The number of primary amides is 1. The Balaban J connectivity index is 4.48. The van der Waals surface area contributed by atoms with Crippen LogP contribution in [0, 0.1) is 12.3 Å². The van der Waals surface area contributed by atoms with Gasteiger partial charge in [0.2, 0.25) is 10.5 Å². The summed E-state index contributed by atoms with van der Waals surface area (Å²) in [6.07, 6.45) is 7.73. The number of hydroxylamine groups is 3. The van der Waals surface area contributed by atoms with Crippen molar-refractivity contribution >= 4 is 27.9 Å². The number of nitrogens with two attached hydrogens (primary N) is 1. The van der Waals surface area contributed by atoms with E-state index in [0.29, 0.717) is 17.6 Å². The van der Waals surface area contributed by atoms with E-state index < -0.39 is 12.0 Å². The summed E-state index contributed by atoms with van der Waals surface area (Å²) in [6, 6.07) is 0. The van der Waals surface area contributed by atoms with Crippen LogP contribution in [0.5, 0.6) is 0 Å². The SMILES string of the molecule is C#CCCC[N+](C)(OC)/C(Br)=C/COC(=O)N(C)CC(N)=O. The Morgan fingerprint density at radius 2 is 2.14 bits per heavy atom. The van der Waals surface area contributed by atoms with Crippen molar-refractivity contribution < 1.29 is 23.8 Å². The molecule has 2 amide bonds. The minimum Gasteiger partial charge on any atom is -0.445 e. The number of likely N-dealkylation sites (N-methyl/N-ethyl adjacent to an activating group) is 1. The maximum Gasteiger partial charge on any atom is 0.410 e. The molecular weight excluding hydrogens is 354 g/mol. The van der Waals surface area contributed by atoms with Crippen LogP contribution in [0.25, 0.3) is 0 Å². The van der Waals surface area contributed by atoms with E-state index in [1.165, 1.54) is 7.05 Å². The van der Waals surface area contributed by atoms with Gasteiger partial charge in [0.15, 0.2) is 0 Å². The van der Waals surface area contributed by atoms with Crippen LogP contribution in [0.3, 0.4) is 0 Å². The second-order valence-electron chi connectivity index (χ2n) is 4.74. The van der Waals surface area contributed by atoms with Crippen LogP contribution in [-0.4, -0.2) is 62.4 Å². The largest absolute Gasteiger partial charge is 0.445 e. The summed E-state index contributed by atoms with van der Waals surface area (Å²) in [5.74, 6) is 1.97. The van der Waals surface area contributed by atoms with E-state index >= 15 is 0 Å². The quantitative estimate of drug-likeness (QED) is 0.215. The molecule has 0 heterocycles. The van der Waals surface area contributed by atoms with Gasteiger partial charge in [0.05, 0.1) is 7.11 Å². The van der Waals surface area contributed by atoms with Crippen molar-refractivity contribution in [2.45, 2.75) is 12.8 Å². The minimum atomic E-state index is -0.630. The number of hydrogen-bond acceptors (Lipinski definition) is 4. The summed E-state index contributed by atoms with van der Waals surface area (Å²) in [6.45, 7) is 0.518. The topological polar surface area (TPSA) is 81.9 Å². The molecule has 2 N–H and O–H groups in total. The van der Waals surface area contributed by atoms with Gasteiger partial charge in [-0.3, -0.25) is 4.79 Å². The molecule has 0 radical (unpaired) electrons. The van der Waals surface area contributed by atoms with Gasteiger partial charge in [0, 0.05) is 41.9 Å². The molecule has 0 aliphatic carbocycles. The Morgan fingerprint density at radius 3 is 2.64 bits per heavy atom. The fourth-order valence-corrected chi connectivity index (χ4v) is 2.01. The van der Waals surface area contributed by atoms with E-state index in [9.17, 15) is 9.59 Å². The number of rotatable bonds is 9. The summed E-state index contributed by atoms with van der Waals surface area (Å²) < 4.78 is 5.90. The highest BCUT2D eigenvalue weighted by molar-refractivity contribution is 9.11. The first-order valence-corrected chi connectivity index (χ1v) is 7.43. The summed E-state index contributed by atoms with van der Waals surface area (Å²) in [5, 5.41) is 0. The van der Waals surface area contributed by atoms with Gasteiger partial charge in [-0.2, -0.15) is 0 Å². The predicted molar refractivity (Wildman–Crippen MR) is 86.3 cm³/mol. The lowest BCUT2D eigenvalue weighted by molar-refractivity contribution is -1.05. The van der Waals surface area contributed by atoms with Crippen LogP contribution in [-0.2, 0) is 14.4 Å². The summed E-state index contributed by atoms with van der Waals surface area (Å²) in [5.41, 5.74) is 5.00. The standard InChI is InChI=1S/C14H22BrN3O4/c1-5-6-7-9-18(3,21-4)12(15)8-10-22-14(20)17(2)11-13(16)19/h1,8H,6-7,9-11H2,2-4H3,(H-,16,19)/p+1/b12-8+. The molecule has 0 aliphatic rings. The molecule has 22 heavy (non-hydrogen) atoms. The molecule has 0 aromatic carbocycles. The molecule has 7 nitrogen and oxygen atoms in total. The van der Waals surface area contributed by atoms with E-state index in [4.69, 9.17) is 21.7 Å². The number of ether oxygens (including phenoxy) is 1. The average molecular weight is 377 g/mol. The van der Waals surface area contributed by atoms with E-state index in [1.807, 2.05) is 7.05 Å². The van der Waals surface area contributed by atoms with Crippen LogP contribution in [0.2, 0.25) is 0 Å². The molecule has 0 fully saturated rings. The number of hydrogen-bond donors (Lipinski definition) is 1. The number of carbonyl (C=O) groups is 2. The van der Waals surface area contributed by atoms with Crippen molar-refractivity contribution in [3.05, 3.63) is 10.7 Å². The number of nitrogens with zero attached hydrogens (tertiary/aromatic N) is 2. The van der Waals surface area contributed by atoms with E-state index in [2.05, 4.69) is 21.9 Å². The maximum atomic E-state index is 11.6. The highest BCUT2D eigenvalue weighted by atomic mass is 79.9. The third-order valence-corrected chi connectivity index (χ3v) is 4.00. The lowest BCUT2D eigenvalue weighted by Gasteiger charge is -2.28. The monoisotopic (exact) mass is 376 g/mol. The average Bonchev–Trinajstić information content (AvgIpc) is 2.46. The van der Waals surface area contributed by atoms with E-state index in [1.54, 1.807) is 13.2 Å². The molecular formula is C14H23BrN3O4+. The van der Waals surface area contributed by atoms with Gasteiger partial charge in [-0.05, 0) is 0 Å². The van der Waals surface area contributed by atoms with Crippen LogP contribution < -0.4 is 5.73 Å². The van der Waals surface area contributed by atoms with Gasteiger partial charge in [0.1, 0.15) is 26.7 Å². The van der Waals surface area contributed by atoms with Gasteiger partial charge in [-0.15, -0.1) is 17.0 Å². The second-order valence-corrected chi connectivity index (χ2v) is 5.55. The molecule has 0 spiro atoms. The molecule has 8 heteroatoms. The smallest absolute Gasteiger partial charge is 0.410 e. The molecule has 1 atom stereocenters. The lowest BCUT2D eigenvalue weighted by Crippen LogP contribution is -2.41. The Kier molecular flexibility index (Phi) is 9.49. The Morgan fingerprint density at radius 1 is 1.50 bits per heavy atom. The highest BCUT2D eigenvalue weighted by Crippen LogP contribution is 2.22. The summed E-state index contributed by atoms with van der Waals surface area (Å²) >= 11 is 3.42. The molecule has 0 aliphatic heterocycles. The predicted octanol–water partition coefficient (Wildman–Crippen LogP) is 1.20.